The largest absolute Gasteiger partial charge is 0.495 e. The quantitative estimate of drug-likeness (QED) is 0.621. The van der Waals surface area contributed by atoms with Gasteiger partial charge in [-0.3, -0.25) is 10.1 Å². The first-order chi connectivity index (χ1) is 14.3. The number of benzene rings is 1. The highest BCUT2D eigenvalue weighted by Gasteiger charge is 2.30. The lowest BCUT2D eigenvalue weighted by atomic mass is 10.2. The van der Waals surface area contributed by atoms with Crippen molar-refractivity contribution in [3.8, 4) is 5.75 Å². The molecule has 2 heterocycles. The maximum absolute atomic E-state index is 13.0. The highest BCUT2D eigenvalue weighted by molar-refractivity contribution is 7.89. The summed E-state index contributed by atoms with van der Waals surface area (Å²) in [6.07, 6.45) is 0. The summed E-state index contributed by atoms with van der Waals surface area (Å²) >= 11 is 0. The van der Waals surface area contributed by atoms with E-state index in [1.807, 2.05) is 0 Å². The van der Waals surface area contributed by atoms with Crippen molar-refractivity contribution in [2.24, 2.45) is 0 Å². The second-order valence-electron chi connectivity index (χ2n) is 6.34. The zero-order valence-electron chi connectivity index (χ0n) is 16.4. The fourth-order valence-corrected chi connectivity index (χ4v) is 4.33. The lowest BCUT2D eigenvalue weighted by Crippen LogP contribution is -2.40. The molecule has 11 nitrogen and oxygen atoms in total. The average molecular weight is 439 g/mol. The van der Waals surface area contributed by atoms with Gasteiger partial charge in [0, 0.05) is 19.2 Å². The predicted molar refractivity (Wildman–Crippen MR) is 103 cm³/mol. The summed E-state index contributed by atoms with van der Waals surface area (Å²) in [5.41, 5.74) is 0.542. The van der Waals surface area contributed by atoms with E-state index in [-0.39, 0.29) is 48.4 Å². The van der Waals surface area contributed by atoms with E-state index in [0.29, 0.717) is 5.69 Å². The number of rotatable bonds is 7. The third-order valence-electron chi connectivity index (χ3n) is 4.21. The molecule has 0 atom stereocenters. The van der Waals surface area contributed by atoms with Gasteiger partial charge < -0.3 is 18.7 Å². The zero-order valence-corrected chi connectivity index (χ0v) is 17.2. The Morgan fingerprint density at radius 2 is 1.97 bits per heavy atom. The number of nitrogens with zero attached hydrogens (tertiary/aromatic N) is 2. The second kappa shape index (κ2) is 9.24. The molecule has 1 fully saturated rings. The molecular weight excluding hydrogens is 418 g/mol. The fourth-order valence-electron chi connectivity index (χ4n) is 2.74. The van der Waals surface area contributed by atoms with Crippen molar-refractivity contribution >= 4 is 27.8 Å². The van der Waals surface area contributed by atoms with Crippen LogP contribution in [-0.2, 0) is 24.3 Å². The number of esters is 1. The molecule has 0 unspecified atom stereocenters. The molecule has 30 heavy (non-hydrogen) atoms. The van der Waals surface area contributed by atoms with Crippen molar-refractivity contribution in [1.82, 2.24) is 9.46 Å². The molecule has 1 aliphatic heterocycles. The predicted octanol–water partition coefficient (Wildman–Crippen LogP) is 0.808. The molecule has 0 bridgehead atoms. The smallest absolute Gasteiger partial charge is 0.338 e. The maximum Gasteiger partial charge on any atom is 0.338 e. The van der Waals surface area contributed by atoms with E-state index >= 15 is 0 Å². The van der Waals surface area contributed by atoms with Crippen LogP contribution in [0.1, 0.15) is 16.1 Å². The molecule has 162 valence electrons. The minimum absolute atomic E-state index is 0.0362. The highest BCUT2D eigenvalue weighted by atomic mass is 32.2. The molecule has 2 aromatic rings. The normalized spacial score (nSPS) is 14.9. The van der Waals surface area contributed by atoms with Gasteiger partial charge in [0.15, 0.2) is 6.61 Å². The maximum atomic E-state index is 13.0. The summed E-state index contributed by atoms with van der Waals surface area (Å²) in [6, 6.07) is 5.40. The molecular formula is C18H21N3O8S. The van der Waals surface area contributed by atoms with Gasteiger partial charge in [0.1, 0.15) is 10.6 Å². The number of sulfonamides is 1. The Hall–Kier alpha value is -2.96. The number of morpholine rings is 1. The molecule has 1 amide bonds. The summed E-state index contributed by atoms with van der Waals surface area (Å²) in [5.74, 6) is -1.28. The number of aromatic nitrogens is 1. The Morgan fingerprint density at radius 1 is 1.23 bits per heavy atom. The molecule has 1 aliphatic rings. The lowest BCUT2D eigenvalue weighted by Gasteiger charge is -2.26. The molecule has 1 aromatic heterocycles. The van der Waals surface area contributed by atoms with E-state index in [4.69, 9.17) is 18.7 Å². The number of carbonyl (C=O) groups is 2. The Kier molecular flexibility index (Phi) is 6.70. The number of amides is 1. The number of hydrogen-bond acceptors (Lipinski definition) is 9. The minimum atomic E-state index is -3.91. The van der Waals surface area contributed by atoms with Crippen LogP contribution in [0.5, 0.6) is 5.75 Å². The topological polar surface area (TPSA) is 137 Å². The number of nitrogens with one attached hydrogen (secondary N) is 1. The molecule has 0 radical (unpaired) electrons. The van der Waals surface area contributed by atoms with Crippen LogP contribution in [0.25, 0.3) is 0 Å². The monoisotopic (exact) mass is 439 g/mol. The molecule has 3 rings (SSSR count). The molecule has 0 saturated carbocycles. The van der Waals surface area contributed by atoms with Crippen molar-refractivity contribution in [3.63, 3.8) is 0 Å². The van der Waals surface area contributed by atoms with Crippen molar-refractivity contribution in [2.45, 2.75) is 11.8 Å². The van der Waals surface area contributed by atoms with Gasteiger partial charge in [0.2, 0.25) is 15.9 Å². The summed E-state index contributed by atoms with van der Waals surface area (Å²) < 4.78 is 47.4. The van der Waals surface area contributed by atoms with Gasteiger partial charge in [-0.2, -0.15) is 4.31 Å². The van der Waals surface area contributed by atoms with Crippen LogP contribution in [0.4, 0.5) is 5.88 Å². The summed E-state index contributed by atoms with van der Waals surface area (Å²) in [4.78, 5) is 24.1. The fraction of sp³-hybridized carbons (Fsp3) is 0.389. The van der Waals surface area contributed by atoms with E-state index in [0.717, 1.165) is 0 Å². The first-order valence-corrected chi connectivity index (χ1v) is 10.4. The van der Waals surface area contributed by atoms with Gasteiger partial charge in [0.05, 0.1) is 31.6 Å². The van der Waals surface area contributed by atoms with Crippen molar-refractivity contribution in [1.29, 1.82) is 0 Å². The summed E-state index contributed by atoms with van der Waals surface area (Å²) in [5, 5.41) is 6.01. The first kappa shape index (κ1) is 21.7. The highest BCUT2D eigenvalue weighted by Crippen LogP contribution is 2.28. The van der Waals surface area contributed by atoms with Crippen LogP contribution in [-0.4, -0.2) is 69.8 Å². The Morgan fingerprint density at radius 3 is 2.60 bits per heavy atom. The van der Waals surface area contributed by atoms with E-state index in [2.05, 4.69) is 10.5 Å². The average Bonchev–Trinajstić information content (AvgIpc) is 3.16. The number of anilines is 1. The Bertz CT molecular complexity index is 1030. The van der Waals surface area contributed by atoms with Gasteiger partial charge in [-0.1, -0.05) is 5.16 Å². The number of methoxy groups -OCH3 is 1. The van der Waals surface area contributed by atoms with Crippen LogP contribution < -0.4 is 10.1 Å². The third kappa shape index (κ3) is 4.96. The van der Waals surface area contributed by atoms with E-state index in [9.17, 15) is 18.0 Å². The molecule has 1 N–H and O–H groups in total. The molecule has 1 aromatic carbocycles. The Balaban J connectivity index is 1.71. The molecule has 1 saturated heterocycles. The van der Waals surface area contributed by atoms with Gasteiger partial charge in [-0.05, 0) is 25.1 Å². The number of ether oxygens (including phenoxy) is 3. The molecule has 12 heteroatoms. The number of hydrogen-bond donors (Lipinski definition) is 1. The second-order valence-corrected chi connectivity index (χ2v) is 8.25. The van der Waals surface area contributed by atoms with Gasteiger partial charge in [-0.25, -0.2) is 13.2 Å². The SMILES string of the molecule is COc1ccc(C(=O)OCC(=O)Nc2cc(C)no2)cc1S(=O)(=O)N1CCOCC1. The zero-order chi connectivity index (χ0) is 21.7. The van der Waals surface area contributed by atoms with Crippen molar-refractivity contribution < 1.29 is 36.7 Å². The van der Waals surface area contributed by atoms with Crippen molar-refractivity contribution in [3.05, 3.63) is 35.5 Å². The van der Waals surface area contributed by atoms with Gasteiger partial charge >= 0.3 is 5.97 Å². The molecule has 0 aliphatic carbocycles. The van der Waals surface area contributed by atoms with E-state index in [1.54, 1.807) is 6.92 Å². The van der Waals surface area contributed by atoms with Crippen LogP contribution >= 0.6 is 0 Å². The number of aryl methyl sites for hydroxylation is 1. The minimum Gasteiger partial charge on any atom is -0.495 e. The van der Waals surface area contributed by atoms with E-state index < -0.39 is 28.5 Å². The summed E-state index contributed by atoms with van der Waals surface area (Å²) in [6.45, 7) is 2.05. The van der Waals surface area contributed by atoms with Crippen LogP contribution in [0.3, 0.4) is 0 Å². The van der Waals surface area contributed by atoms with Crippen LogP contribution in [0.15, 0.2) is 33.7 Å². The summed E-state index contributed by atoms with van der Waals surface area (Å²) in [7, 11) is -2.57. The number of carbonyl (C=O) groups excluding carboxylic acids is 2. The van der Waals surface area contributed by atoms with Crippen molar-refractivity contribution in [2.75, 3.05) is 45.3 Å². The van der Waals surface area contributed by atoms with E-state index in [1.165, 1.54) is 35.7 Å². The first-order valence-electron chi connectivity index (χ1n) is 8.97. The Labute approximate surface area is 172 Å². The van der Waals surface area contributed by atoms with Gasteiger partial charge in [-0.15, -0.1) is 0 Å². The van der Waals surface area contributed by atoms with Crippen LogP contribution in [0, 0.1) is 6.92 Å². The molecule has 0 spiro atoms. The van der Waals surface area contributed by atoms with Gasteiger partial charge in [0.25, 0.3) is 5.91 Å². The lowest BCUT2D eigenvalue weighted by molar-refractivity contribution is -0.119. The van der Waals surface area contributed by atoms with Crippen LogP contribution in [0.2, 0.25) is 0 Å². The standard InChI is InChI=1S/C18H21N3O8S/c1-12-9-17(29-20-12)19-16(22)11-28-18(23)13-3-4-14(26-2)15(10-13)30(24,25)21-5-7-27-8-6-21/h3-4,9-10H,5-8,11H2,1-2H3,(H,19,22). The third-order valence-corrected chi connectivity index (χ3v) is 6.13.